The second-order valence-corrected chi connectivity index (χ2v) is 7.52. The van der Waals surface area contributed by atoms with Crippen molar-refractivity contribution in [1.82, 2.24) is 5.32 Å². The molecule has 0 aliphatic heterocycles. The molecule has 144 valence electrons. The summed E-state index contributed by atoms with van der Waals surface area (Å²) in [5.74, 6) is 0.0331. The average molecular weight is 381 g/mol. The van der Waals surface area contributed by atoms with E-state index in [0.717, 1.165) is 43.2 Å². The Bertz CT molecular complexity index is 617. The molecule has 6 heteroatoms. The number of nitrogens with one attached hydrogen (secondary N) is 2. The fourth-order valence-electron chi connectivity index (χ4n) is 3.49. The van der Waals surface area contributed by atoms with Crippen LogP contribution in [0.1, 0.15) is 43.2 Å². The van der Waals surface area contributed by atoms with Gasteiger partial charge in [-0.3, -0.25) is 9.59 Å². The molecular formula is C20H29ClN2O3. The van der Waals surface area contributed by atoms with Crippen molar-refractivity contribution in [2.24, 2.45) is 11.8 Å². The van der Waals surface area contributed by atoms with E-state index in [1.165, 1.54) is 0 Å². The lowest BCUT2D eigenvalue weighted by molar-refractivity contribution is -0.128. The van der Waals surface area contributed by atoms with Crippen LogP contribution in [0, 0.1) is 25.7 Å². The third-order valence-corrected chi connectivity index (χ3v) is 5.27. The Hall–Kier alpha value is -1.59. The van der Waals surface area contributed by atoms with Gasteiger partial charge in [-0.2, -0.15) is 0 Å². The van der Waals surface area contributed by atoms with Crippen molar-refractivity contribution in [3.63, 3.8) is 0 Å². The Labute approximate surface area is 160 Å². The summed E-state index contributed by atoms with van der Waals surface area (Å²) < 4.78 is 4.98. The molecule has 0 heterocycles. The molecule has 26 heavy (non-hydrogen) atoms. The second kappa shape index (κ2) is 9.93. The monoisotopic (exact) mass is 380 g/mol. The molecule has 0 unspecified atom stereocenters. The maximum atomic E-state index is 12.6. The summed E-state index contributed by atoms with van der Waals surface area (Å²) >= 11 is 6.28. The molecule has 1 aromatic carbocycles. The Kier molecular flexibility index (Phi) is 7.91. The lowest BCUT2D eigenvalue weighted by atomic mass is 9.81. The van der Waals surface area contributed by atoms with Gasteiger partial charge in [-0.25, -0.2) is 0 Å². The number of carbonyl (C=O) groups is 2. The lowest BCUT2D eigenvalue weighted by Crippen LogP contribution is -2.36. The number of methoxy groups -OCH3 is 1. The van der Waals surface area contributed by atoms with Gasteiger partial charge in [-0.15, -0.1) is 0 Å². The van der Waals surface area contributed by atoms with Gasteiger partial charge < -0.3 is 15.4 Å². The van der Waals surface area contributed by atoms with Gasteiger partial charge in [-0.1, -0.05) is 17.7 Å². The number of benzene rings is 1. The summed E-state index contributed by atoms with van der Waals surface area (Å²) in [5.41, 5.74) is 2.73. The van der Waals surface area contributed by atoms with Crippen LogP contribution in [0.5, 0.6) is 0 Å². The molecule has 2 amide bonds. The van der Waals surface area contributed by atoms with Crippen LogP contribution in [-0.2, 0) is 14.3 Å². The van der Waals surface area contributed by atoms with Crippen LogP contribution < -0.4 is 10.6 Å². The van der Waals surface area contributed by atoms with E-state index in [2.05, 4.69) is 10.6 Å². The summed E-state index contributed by atoms with van der Waals surface area (Å²) in [5, 5.41) is 6.51. The van der Waals surface area contributed by atoms with Crippen molar-refractivity contribution >= 4 is 29.1 Å². The van der Waals surface area contributed by atoms with Gasteiger partial charge in [0.1, 0.15) is 0 Å². The molecule has 1 aliphatic carbocycles. The van der Waals surface area contributed by atoms with Crippen molar-refractivity contribution < 1.29 is 14.3 Å². The molecule has 0 saturated heterocycles. The van der Waals surface area contributed by atoms with E-state index in [9.17, 15) is 9.59 Å². The van der Waals surface area contributed by atoms with Crippen LogP contribution >= 0.6 is 11.6 Å². The molecule has 2 rings (SSSR count). The number of carbonyl (C=O) groups excluding carboxylic acids is 2. The van der Waals surface area contributed by atoms with Gasteiger partial charge in [0.2, 0.25) is 11.8 Å². The van der Waals surface area contributed by atoms with Crippen molar-refractivity contribution in [3.8, 4) is 0 Å². The Morgan fingerprint density at radius 1 is 1.12 bits per heavy atom. The van der Waals surface area contributed by atoms with E-state index in [-0.39, 0.29) is 23.7 Å². The first-order valence-electron chi connectivity index (χ1n) is 9.26. The van der Waals surface area contributed by atoms with Crippen LogP contribution in [0.25, 0.3) is 0 Å². The van der Waals surface area contributed by atoms with Gasteiger partial charge in [0.05, 0.1) is 10.7 Å². The lowest BCUT2D eigenvalue weighted by Gasteiger charge is -2.27. The summed E-state index contributed by atoms with van der Waals surface area (Å²) in [4.78, 5) is 24.8. The fraction of sp³-hybridized carbons (Fsp3) is 0.600. The predicted octanol–water partition coefficient (Wildman–Crippen LogP) is 3.85. The molecule has 0 aromatic heterocycles. The summed E-state index contributed by atoms with van der Waals surface area (Å²) in [6, 6.07) is 3.86. The van der Waals surface area contributed by atoms with Crippen LogP contribution in [-0.4, -0.2) is 32.1 Å². The standard InChI is InChI=1S/C20H29ClN2O3/c1-13-11-14(2)18(17(21)12-13)23-20(25)16-7-5-15(6-8-16)19(24)22-9-4-10-26-3/h11-12,15-16H,4-10H2,1-3H3,(H,22,24)(H,23,25). The summed E-state index contributed by atoms with van der Waals surface area (Å²) in [7, 11) is 1.65. The van der Waals surface area contributed by atoms with Crippen molar-refractivity contribution in [2.45, 2.75) is 46.0 Å². The molecule has 0 atom stereocenters. The number of halogens is 1. The molecule has 1 aromatic rings. The molecule has 1 saturated carbocycles. The zero-order chi connectivity index (χ0) is 19.1. The molecular weight excluding hydrogens is 352 g/mol. The van der Waals surface area contributed by atoms with Gasteiger partial charge in [0, 0.05) is 32.1 Å². The smallest absolute Gasteiger partial charge is 0.227 e. The molecule has 0 bridgehead atoms. The molecule has 2 N–H and O–H groups in total. The minimum Gasteiger partial charge on any atom is -0.385 e. The predicted molar refractivity (Wildman–Crippen MR) is 105 cm³/mol. The number of hydrogen-bond acceptors (Lipinski definition) is 3. The number of hydrogen-bond donors (Lipinski definition) is 2. The molecule has 1 fully saturated rings. The summed E-state index contributed by atoms with van der Waals surface area (Å²) in [6.07, 6.45) is 3.76. The van der Waals surface area contributed by atoms with Crippen LogP contribution in [0.4, 0.5) is 5.69 Å². The van der Waals surface area contributed by atoms with Gasteiger partial charge in [0.15, 0.2) is 0 Å². The minimum atomic E-state index is -0.0655. The van der Waals surface area contributed by atoms with Crippen LogP contribution in [0.2, 0.25) is 5.02 Å². The van der Waals surface area contributed by atoms with E-state index in [0.29, 0.717) is 23.9 Å². The van der Waals surface area contributed by atoms with Crippen LogP contribution in [0.15, 0.2) is 12.1 Å². The number of amides is 2. The Morgan fingerprint density at radius 3 is 2.31 bits per heavy atom. The summed E-state index contributed by atoms with van der Waals surface area (Å²) in [6.45, 7) is 5.21. The van der Waals surface area contributed by atoms with Gasteiger partial charge in [0.25, 0.3) is 0 Å². The zero-order valence-electron chi connectivity index (χ0n) is 15.9. The third-order valence-electron chi connectivity index (χ3n) is 4.97. The van der Waals surface area contributed by atoms with Crippen LogP contribution in [0.3, 0.4) is 0 Å². The van der Waals surface area contributed by atoms with E-state index < -0.39 is 0 Å². The van der Waals surface area contributed by atoms with Crippen molar-refractivity contribution in [1.29, 1.82) is 0 Å². The topological polar surface area (TPSA) is 67.4 Å². The second-order valence-electron chi connectivity index (χ2n) is 7.11. The fourth-order valence-corrected chi connectivity index (χ4v) is 3.86. The van der Waals surface area contributed by atoms with Crippen molar-refractivity contribution in [2.75, 3.05) is 25.6 Å². The first-order chi connectivity index (χ1) is 12.4. The van der Waals surface area contributed by atoms with Crippen molar-refractivity contribution in [3.05, 3.63) is 28.3 Å². The highest BCUT2D eigenvalue weighted by atomic mass is 35.5. The highest BCUT2D eigenvalue weighted by Gasteiger charge is 2.30. The molecule has 0 spiro atoms. The maximum Gasteiger partial charge on any atom is 0.227 e. The Balaban J connectivity index is 1.82. The quantitative estimate of drug-likeness (QED) is 0.706. The molecule has 0 radical (unpaired) electrons. The van der Waals surface area contributed by atoms with Gasteiger partial charge in [-0.05, 0) is 63.1 Å². The number of anilines is 1. The van der Waals surface area contributed by atoms with E-state index in [1.54, 1.807) is 7.11 Å². The highest BCUT2D eigenvalue weighted by Crippen LogP contribution is 2.32. The largest absolute Gasteiger partial charge is 0.385 e. The van der Waals surface area contributed by atoms with Gasteiger partial charge >= 0.3 is 0 Å². The first kappa shape index (κ1) is 20.7. The SMILES string of the molecule is COCCCNC(=O)C1CCC(C(=O)Nc2c(C)cc(C)cc2Cl)CC1. The zero-order valence-corrected chi connectivity index (χ0v) is 16.6. The van der Waals surface area contributed by atoms with E-state index in [4.69, 9.17) is 16.3 Å². The van der Waals surface area contributed by atoms with E-state index >= 15 is 0 Å². The highest BCUT2D eigenvalue weighted by molar-refractivity contribution is 6.34. The Morgan fingerprint density at radius 2 is 1.73 bits per heavy atom. The molecule has 1 aliphatic rings. The minimum absolute atomic E-state index is 0.00203. The average Bonchev–Trinajstić information content (AvgIpc) is 2.61. The number of ether oxygens (including phenoxy) is 1. The first-order valence-corrected chi connectivity index (χ1v) is 9.64. The number of rotatable bonds is 7. The molecule has 5 nitrogen and oxygen atoms in total. The maximum absolute atomic E-state index is 12.6. The normalized spacial score (nSPS) is 19.8. The third kappa shape index (κ3) is 5.71. The number of aryl methyl sites for hydroxylation is 2. The van der Waals surface area contributed by atoms with E-state index in [1.807, 2.05) is 26.0 Å².